The van der Waals surface area contributed by atoms with Crippen LogP contribution in [0.15, 0.2) is 6.20 Å². The van der Waals surface area contributed by atoms with E-state index in [9.17, 15) is 0 Å². The van der Waals surface area contributed by atoms with Crippen molar-refractivity contribution in [1.82, 2.24) is 15.1 Å². The molecule has 2 rings (SSSR count). The highest BCUT2D eigenvalue weighted by molar-refractivity contribution is 5.29. The van der Waals surface area contributed by atoms with E-state index in [0.29, 0.717) is 0 Å². The summed E-state index contributed by atoms with van der Waals surface area (Å²) in [5, 5.41) is 8.03. The molecular weight excluding hydrogens is 254 g/mol. The number of hydrogen-bond donors (Lipinski definition) is 1. The minimum absolute atomic E-state index is 0.157. The van der Waals surface area contributed by atoms with Crippen molar-refractivity contribution in [2.24, 2.45) is 0 Å². The Bertz CT molecular complexity index is 400. The molecule has 0 spiro atoms. The largest absolute Gasteiger partial charge is 0.493 e. The van der Waals surface area contributed by atoms with E-state index >= 15 is 0 Å². The van der Waals surface area contributed by atoms with Crippen LogP contribution in [0.1, 0.15) is 51.3 Å². The van der Waals surface area contributed by atoms with E-state index in [-0.39, 0.29) is 12.1 Å². The number of ether oxygens (including phenoxy) is 2. The summed E-state index contributed by atoms with van der Waals surface area (Å²) in [5.41, 5.74) is 1.13. The molecule has 1 saturated heterocycles. The monoisotopic (exact) mass is 281 g/mol. The van der Waals surface area contributed by atoms with Crippen LogP contribution in [0.3, 0.4) is 0 Å². The molecular formula is C15H27N3O2. The molecule has 1 fully saturated rings. The Morgan fingerprint density at radius 3 is 2.95 bits per heavy atom. The summed E-state index contributed by atoms with van der Waals surface area (Å²) in [6.07, 6.45) is 6.58. The third kappa shape index (κ3) is 3.33. The molecule has 0 aromatic carbocycles. The van der Waals surface area contributed by atoms with Gasteiger partial charge in [-0.15, -0.1) is 0 Å². The SMILES string of the molecule is CCCn1ncc(OC)c1C(NCC)C1CCCCO1. The van der Waals surface area contributed by atoms with Gasteiger partial charge < -0.3 is 14.8 Å². The molecule has 0 saturated carbocycles. The van der Waals surface area contributed by atoms with Crippen LogP contribution in [0.5, 0.6) is 5.75 Å². The Balaban J connectivity index is 2.28. The molecule has 20 heavy (non-hydrogen) atoms. The molecule has 0 amide bonds. The van der Waals surface area contributed by atoms with E-state index in [1.165, 1.54) is 12.8 Å². The van der Waals surface area contributed by atoms with E-state index in [1.54, 1.807) is 7.11 Å². The molecule has 1 aliphatic rings. The van der Waals surface area contributed by atoms with E-state index in [1.807, 2.05) is 6.20 Å². The van der Waals surface area contributed by atoms with Crippen molar-refractivity contribution in [3.63, 3.8) is 0 Å². The van der Waals surface area contributed by atoms with Crippen LogP contribution < -0.4 is 10.1 Å². The second-order valence-corrected chi connectivity index (χ2v) is 5.26. The highest BCUT2D eigenvalue weighted by Gasteiger charge is 2.30. The van der Waals surface area contributed by atoms with E-state index in [2.05, 4.69) is 28.9 Å². The molecule has 2 atom stereocenters. The van der Waals surface area contributed by atoms with Crippen molar-refractivity contribution in [2.45, 2.75) is 58.2 Å². The van der Waals surface area contributed by atoms with Crippen LogP contribution in [-0.2, 0) is 11.3 Å². The molecule has 0 aliphatic carbocycles. The van der Waals surface area contributed by atoms with Crippen molar-refractivity contribution >= 4 is 0 Å². The van der Waals surface area contributed by atoms with Gasteiger partial charge in [0.25, 0.3) is 0 Å². The van der Waals surface area contributed by atoms with Crippen molar-refractivity contribution in [1.29, 1.82) is 0 Å². The number of nitrogens with one attached hydrogen (secondary N) is 1. The number of rotatable bonds is 7. The first kappa shape index (κ1) is 15.3. The van der Waals surface area contributed by atoms with E-state index < -0.39 is 0 Å². The Morgan fingerprint density at radius 2 is 2.35 bits per heavy atom. The molecule has 1 aliphatic heterocycles. The summed E-state index contributed by atoms with van der Waals surface area (Å²) in [5.74, 6) is 0.860. The second kappa shape index (κ2) is 7.64. The topological polar surface area (TPSA) is 48.3 Å². The first-order valence-corrected chi connectivity index (χ1v) is 7.76. The van der Waals surface area contributed by atoms with Gasteiger partial charge in [0.2, 0.25) is 0 Å². The molecule has 114 valence electrons. The van der Waals surface area contributed by atoms with Crippen LogP contribution in [0, 0.1) is 0 Å². The number of aryl methyl sites for hydroxylation is 1. The van der Waals surface area contributed by atoms with Gasteiger partial charge in [0, 0.05) is 13.2 Å². The quantitative estimate of drug-likeness (QED) is 0.834. The smallest absolute Gasteiger partial charge is 0.161 e. The number of methoxy groups -OCH3 is 1. The predicted molar refractivity (Wildman–Crippen MR) is 79.1 cm³/mol. The highest BCUT2D eigenvalue weighted by atomic mass is 16.5. The summed E-state index contributed by atoms with van der Waals surface area (Å²) in [6.45, 7) is 6.97. The van der Waals surface area contributed by atoms with Gasteiger partial charge in [-0.2, -0.15) is 5.10 Å². The van der Waals surface area contributed by atoms with Gasteiger partial charge in [-0.1, -0.05) is 13.8 Å². The third-order valence-corrected chi connectivity index (χ3v) is 3.81. The first-order chi connectivity index (χ1) is 9.81. The summed E-state index contributed by atoms with van der Waals surface area (Å²) in [6, 6.07) is 0.157. The summed E-state index contributed by atoms with van der Waals surface area (Å²) >= 11 is 0. The van der Waals surface area contributed by atoms with Gasteiger partial charge in [-0.05, 0) is 32.2 Å². The predicted octanol–water partition coefficient (Wildman–Crippen LogP) is 2.52. The van der Waals surface area contributed by atoms with Crippen molar-refractivity contribution in [3.05, 3.63) is 11.9 Å². The lowest BCUT2D eigenvalue weighted by Crippen LogP contribution is -2.37. The third-order valence-electron chi connectivity index (χ3n) is 3.81. The van der Waals surface area contributed by atoms with Crippen LogP contribution in [-0.4, -0.2) is 36.1 Å². The summed E-state index contributed by atoms with van der Waals surface area (Å²) in [4.78, 5) is 0. The lowest BCUT2D eigenvalue weighted by molar-refractivity contribution is -0.0102. The van der Waals surface area contributed by atoms with Gasteiger partial charge >= 0.3 is 0 Å². The van der Waals surface area contributed by atoms with Gasteiger partial charge in [-0.25, -0.2) is 0 Å². The zero-order valence-electron chi connectivity index (χ0n) is 12.9. The zero-order valence-corrected chi connectivity index (χ0v) is 12.9. The van der Waals surface area contributed by atoms with Gasteiger partial charge in [-0.3, -0.25) is 4.68 Å². The fourth-order valence-electron chi connectivity index (χ4n) is 2.89. The van der Waals surface area contributed by atoms with Gasteiger partial charge in [0.1, 0.15) is 0 Å². The Morgan fingerprint density at radius 1 is 1.50 bits per heavy atom. The molecule has 2 unspecified atom stereocenters. The minimum atomic E-state index is 0.157. The summed E-state index contributed by atoms with van der Waals surface area (Å²) in [7, 11) is 1.71. The lowest BCUT2D eigenvalue weighted by atomic mass is 9.99. The number of aromatic nitrogens is 2. The molecule has 1 aromatic heterocycles. The number of likely N-dealkylation sites (N-methyl/N-ethyl adjacent to an activating group) is 1. The average molecular weight is 281 g/mol. The molecule has 1 N–H and O–H groups in total. The zero-order chi connectivity index (χ0) is 14.4. The Kier molecular flexibility index (Phi) is 5.86. The molecule has 0 radical (unpaired) electrons. The van der Waals surface area contributed by atoms with E-state index in [4.69, 9.17) is 9.47 Å². The normalized spacial score (nSPS) is 20.9. The van der Waals surface area contributed by atoms with E-state index in [0.717, 1.165) is 44.0 Å². The Hall–Kier alpha value is -1.07. The fourth-order valence-corrected chi connectivity index (χ4v) is 2.89. The molecule has 0 bridgehead atoms. The highest BCUT2D eigenvalue weighted by Crippen LogP contribution is 2.32. The fraction of sp³-hybridized carbons (Fsp3) is 0.800. The standard InChI is InChI=1S/C15H27N3O2/c1-4-9-18-15(13(19-3)11-17-18)14(16-5-2)12-8-6-7-10-20-12/h11-12,14,16H,4-10H2,1-3H3. The van der Waals surface area contributed by atoms with Crippen LogP contribution in [0.4, 0.5) is 0 Å². The minimum Gasteiger partial charge on any atom is -0.493 e. The second-order valence-electron chi connectivity index (χ2n) is 5.26. The van der Waals surface area contributed by atoms with Crippen LogP contribution >= 0.6 is 0 Å². The Labute approximate surface area is 121 Å². The van der Waals surface area contributed by atoms with Crippen molar-refractivity contribution < 1.29 is 9.47 Å². The number of nitrogens with zero attached hydrogens (tertiary/aromatic N) is 2. The maximum absolute atomic E-state index is 5.99. The lowest BCUT2D eigenvalue weighted by Gasteiger charge is -2.31. The van der Waals surface area contributed by atoms with Crippen molar-refractivity contribution in [3.8, 4) is 5.75 Å². The van der Waals surface area contributed by atoms with Crippen LogP contribution in [0.25, 0.3) is 0 Å². The average Bonchev–Trinajstić information content (AvgIpc) is 2.89. The van der Waals surface area contributed by atoms with Gasteiger partial charge in [0.15, 0.2) is 5.75 Å². The summed E-state index contributed by atoms with van der Waals surface area (Å²) < 4.78 is 13.6. The molecule has 5 heteroatoms. The van der Waals surface area contributed by atoms with Crippen molar-refractivity contribution in [2.75, 3.05) is 20.3 Å². The molecule has 5 nitrogen and oxygen atoms in total. The maximum atomic E-state index is 5.99. The molecule has 2 heterocycles. The number of hydrogen-bond acceptors (Lipinski definition) is 4. The van der Waals surface area contributed by atoms with Crippen LogP contribution in [0.2, 0.25) is 0 Å². The maximum Gasteiger partial charge on any atom is 0.161 e. The van der Waals surface area contributed by atoms with Gasteiger partial charge in [0.05, 0.1) is 31.1 Å². The first-order valence-electron chi connectivity index (χ1n) is 7.76. The molecule has 1 aromatic rings.